The summed E-state index contributed by atoms with van der Waals surface area (Å²) in [5.74, 6) is 0.399. The Bertz CT molecular complexity index is 530. The van der Waals surface area contributed by atoms with E-state index in [4.69, 9.17) is 0 Å². The third kappa shape index (κ3) is 3.43. The van der Waals surface area contributed by atoms with Gasteiger partial charge in [-0.05, 0) is 29.2 Å². The van der Waals surface area contributed by atoms with Crippen LogP contribution in [0.15, 0.2) is 23.1 Å². The molecule has 1 N–H and O–H groups in total. The predicted octanol–water partition coefficient (Wildman–Crippen LogP) is 2.99. The number of rotatable bonds is 4. The third-order valence-electron chi connectivity index (χ3n) is 3.27. The van der Waals surface area contributed by atoms with E-state index in [-0.39, 0.29) is 4.90 Å². The Morgan fingerprint density at radius 2 is 1.83 bits per heavy atom. The standard InChI is InChI=1S/C13H22O3SSi/c1-6-10(2)11-7-8-12(17(14,15)16)13(9-11)18(3,4)5/h7-10H,6H2,1-5H3,(H,14,15,16). The lowest BCUT2D eigenvalue weighted by Crippen LogP contribution is -2.41. The quantitative estimate of drug-likeness (QED) is 0.684. The summed E-state index contributed by atoms with van der Waals surface area (Å²) in [6.45, 7) is 10.5. The molecule has 18 heavy (non-hydrogen) atoms. The molecule has 1 aromatic carbocycles. The zero-order valence-electron chi connectivity index (χ0n) is 11.7. The smallest absolute Gasteiger partial charge is 0.282 e. The fourth-order valence-corrected chi connectivity index (χ4v) is 5.21. The highest BCUT2D eigenvalue weighted by molar-refractivity contribution is 7.86. The van der Waals surface area contributed by atoms with E-state index >= 15 is 0 Å². The van der Waals surface area contributed by atoms with E-state index in [9.17, 15) is 13.0 Å². The minimum absolute atomic E-state index is 0.0775. The minimum Gasteiger partial charge on any atom is -0.282 e. The van der Waals surface area contributed by atoms with Crippen molar-refractivity contribution >= 4 is 23.4 Å². The topological polar surface area (TPSA) is 54.4 Å². The van der Waals surface area contributed by atoms with Gasteiger partial charge in [0.1, 0.15) is 0 Å². The number of hydrogen-bond donors (Lipinski definition) is 1. The molecule has 1 aromatic rings. The van der Waals surface area contributed by atoms with Crippen LogP contribution < -0.4 is 5.19 Å². The van der Waals surface area contributed by atoms with Crippen LogP contribution >= 0.6 is 0 Å². The molecule has 0 amide bonds. The molecular formula is C13H22O3SSi. The molecule has 5 heteroatoms. The molecule has 1 unspecified atom stereocenters. The van der Waals surface area contributed by atoms with Gasteiger partial charge in [-0.25, -0.2) is 0 Å². The molecule has 0 bridgehead atoms. The second-order valence-corrected chi connectivity index (χ2v) is 12.2. The average molecular weight is 286 g/mol. The van der Waals surface area contributed by atoms with Gasteiger partial charge in [0.2, 0.25) is 0 Å². The van der Waals surface area contributed by atoms with Gasteiger partial charge in [-0.3, -0.25) is 4.55 Å². The van der Waals surface area contributed by atoms with Crippen molar-refractivity contribution in [3.8, 4) is 0 Å². The highest BCUT2D eigenvalue weighted by Crippen LogP contribution is 2.21. The highest BCUT2D eigenvalue weighted by atomic mass is 32.2. The Balaban J connectivity index is 3.50. The van der Waals surface area contributed by atoms with Crippen molar-refractivity contribution in [1.82, 2.24) is 0 Å². The molecule has 1 rings (SSSR count). The zero-order chi connectivity index (χ0) is 14.1. The molecule has 0 fully saturated rings. The Morgan fingerprint density at radius 3 is 2.22 bits per heavy atom. The molecule has 0 aliphatic heterocycles. The molecule has 0 saturated carbocycles. The second-order valence-electron chi connectivity index (χ2n) is 5.79. The van der Waals surface area contributed by atoms with E-state index in [1.807, 2.05) is 6.07 Å². The molecule has 0 saturated heterocycles. The van der Waals surface area contributed by atoms with Gasteiger partial charge < -0.3 is 0 Å². The van der Waals surface area contributed by atoms with Gasteiger partial charge in [0, 0.05) is 0 Å². The summed E-state index contributed by atoms with van der Waals surface area (Å²) >= 11 is 0. The van der Waals surface area contributed by atoms with Crippen molar-refractivity contribution in [2.45, 2.75) is 50.7 Å². The second kappa shape index (κ2) is 5.15. The van der Waals surface area contributed by atoms with E-state index in [0.717, 1.165) is 17.2 Å². The van der Waals surface area contributed by atoms with Crippen LogP contribution in [-0.2, 0) is 10.1 Å². The summed E-state index contributed by atoms with van der Waals surface area (Å²) in [4.78, 5) is 0.0775. The third-order valence-corrected chi connectivity index (χ3v) is 6.39. The first-order valence-electron chi connectivity index (χ1n) is 6.19. The summed E-state index contributed by atoms with van der Waals surface area (Å²) in [5, 5.41) is 0.808. The molecule has 0 aromatic heterocycles. The van der Waals surface area contributed by atoms with E-state index < -0.39 is 18.2 Å². The van der Waals surface area contributed by atoms with Gasteiger partial charge in [-0.1, -0.05) is 45.6 Å². The maximum atomic E-state index is 11.4. The summed E-state index contributed by atoms with van der Waals surface area (Å²) in [6, 6.07) is 5.31. The summed E-state index contributed by atoms with van der Waals surface area (Å²) in [7, 11) is -5.95. The zero-order valence-corrected chi connectivity index (χ0v) is 13.5. The Kier molecular flexibility index (Phi) is 4.41. The lowest BCUT2D eigenvalue weighted by atomic mass is 9.99. The van der Waals surface area contributed by atoms with E-state index in [1.165, 1.54) is 0 Å². The van der Waals surface area contributed by atoms with Crippen molar-refractivity contribution in [2.75, 3.05) is 0 Å². The van der Waals surface area contributed by atoms with Crippen LogP contribution in [0.25, 0.3) is 0 Å². The molecule has 0 radical (unpaired) electrons. The highest BCUT2D eigenvalue weighted by Gasteiger charge is 2.26. The van der Waals surface area contributed by atoms with Gasteiger partial charge >= 0.3 is 0 Å². The first kappa shape index (κ1) is 15.4. The van der Waals surface area contributed by atoms with Crippen LogP contribution in [-0.4, -0.2) is 21.0 Å². The molecule has 0 spiro atoms. The summed E-state index contributed by atoms with van der Waals surface area (Å²) in [5.41, 5.74) is 1.14. The number of benzene rings is 1. The largest absolute Gasteiger partial charge is 0.294 e. The molecule has 0 heterocycles. The van der Waals surface area contributed by atoms with Gasteiger partial charge in [-0.15, -0.1) is 0 Å². The van der Waals surface area contributed by atoms with Crippen molar-refractivity contribution < 1.29 is 13.0 Å². The van der Waals surface area contributed by atoms with Crippen LogP contribution in [0.1, 0.15) is 31.7 Å². The van der Waals surface area contributed by atoms with Crippen molar-refractivity contribution in [3.63, 3.8) is 0 Å². The first-order valence-corrected chi connectivity index (χ1v) is 11.1. The molecule has 3 nitrogen and oxygen atoms in total. The van der Waals surface area contributed by atoms with Crippen LogP contribution in [0.5, 0.6) is 0 Å². The average Bonchev–Trinajstić information content (AvgIpc) is 2.24. The minimum atomic E-state index is -4.13. The maximum absolute atomic E-state index is 11.4. The predicted molar refractivity (Wildman–Crippen MR) is 77.9 cm³/mol. The van der Waals surface area contributed by atoms with Gasteiger partial charge in [-0.2, -0.15) is 8.42 Å². The Hall–Kier alpha value is -0.653. The fourth-order valence-electron chi connectivity index (χ4n) is 1.90. The van der Waals surface area contributed by atoms with E-state index in [0.29, 0.717) is 5.92 Å². The normalized spacial score (nSPS) is 14.6. The lowest BCUT2D eigenvalue weighted by Gasteiger charge is -2.22. The van der Waals surface area contributed by atoms with Gasteiger partial charge in [0.05, 0.1) is 13.0 Å². The summed E-state index contributed by atoms with van der Waals surface area (Å²) in [6.07, 6.45) is 1.01. The Labute approximate surface area is 111 Å². The van der Waals surface area contributed by atoms with Crippen LogP contribution in [0.3, 0.4) is 0 Å². The van der Waals surface area contributed by atoms with Crippen molar-refractivity contribution in [1.29, 1.82) is 0 Å². The molecule has 0 aliphatic rings. The fraction of sp³-hybridized carbons (Fsp3) is 0.538. The SMILES string of the molecule is CCC(C)c1ccc(S(=O)(=O)O)c([Si](C)(C)C)c1. The first-order chi connectivity index (χ1) is 8.07. The maximum Gasteiger partial charge on any atom is 0.294 e. The molecular weight excluding hydrogens is 264 g/mol. The molecule has 0 aliphatic carbocycles. The Morgan fingerprint density at radius 1 is 1.28 bits per heavy atom. The lowest BCUT2D eigenvalue weighted by molar-refractivity contribution is 0.483. The van der Waals surface area contributed by atoms with Gasteiger partial charge in [0.25, 0.3) is 10.1 Å². The monoisotopic (exact) mass is 286 g/mol. The molecule has 102 valence electrons. The van der Waals surface area contributed by atoms with Crippen LogP contribution in [0.2, 0.25) is 19.6 Å². The summed E-state index contributed by atoms with van der Waals surface area (Å²) < 4.78 is 32.2. The van der Waals surface area contributed by atoms with Crippen LogP contribution in [0, 0.1) is 0 Å². The van der Waals surface area contributed by atoms with E-state index in [1.54, 1.807) is 12.1 Å². The molecule has 1 atom stereocenters. The van der Waals surface area contributed by atoms with Gasteiger partial charge in [0.15, 0.2) is 0 Å². The van der Waals surface area contributed by atoms with Crippen LogP contribution in [0.4, 0.5) is 0 Å². The number of hydrogen-bond acceptors (Lipinski definition) is 2. The van der Waals surface area contributed by atoms with Crippen molar-refractivity contribution in [3.05, 3.63) is 23.8 Å². The van der Waals surface area contributed by atoms with Crippen molar-refractivity contribution in [2.24, 2.45) is 0 Å². The van der Waals surface area contributed by atoms with E-state index in [2.05, 4.69) is 33.5 Å².